The molecule has 1 rings (SSSR count). The fourth-order valence-corrected chi connectivity index (χ4v) is 1.68. The van der Waals surface area contributed by atoms with E-state index in [9.17, 15) is 4.79 Å². The summed E-state index contributed by atoms with van der Waals surface area (Å²) < 4.78 is 0. The molecule has 4 heteroatoms. The van der Waals surface area contributed by atoms with E-state index >= 15 is 0 Å². The molecule has 0 atom stereocenters. The van der Waals surface area contributed by atoms with E-state index in [1.54, 1.807) is 6.07 Å². The van der Waals surface area contributed by atoms with E-state index in [0.717, 1.165) is 4.88 Å². The predicted octanol–water partition coefficient (Wildman–Crippen LogP) is 2.80. The van der Waals surface area contributed by atoms with Crippen molar-refractivity contribution in [3.8, 4) is 0 Å². The monoisotopic (exact) mass is 202 g/mol. The Balaban J connectivity index is 3.05. The summed E-state index contributed by atoms with van der Waals surface area (Å²) in [5.41, 5.74) is 0.180. The third kappa shape index (κ3) is 1.87. The molecule has 0 aromatic carbocycles. The topological polar surface area (TPSA) is 37.3 Å². The zero-order valence-corrected chi connectivity index (χ0v) is 7.95. The smallest absolute Gasteiger partial charge is 0.332 e. The summed E-state index contributed by atoms with van der Waals surface area (Å²) in [4.78, 5) is 11.3. The maximum atomic E-state index is 10.5. The van der Waals surface area contributed by atoms with Crippen molar-refractivity contribution in [1.82, 2.24) is 0 Å². The quantitative estimate of drug-likeness (QED) is 0.749. The van der Waals surface area contributed by atoms with Gasteiger partial charge < -0.3 is 5.11 Å². The molecule has 64 valence electrons. The number of aliphatic carboxylic acids is 1. The van der Waals surface area contributed by atoms with Gasteiger partial charge in [-0.05, 0) is 18.4 Å². The van der Waals surface area contributed by atoms with E-state index in [1.807, 2.05) is 11.4 Å². The lowest BCUT2D eigenvalue weighted by atomic mass is 10.2. The maximum Gasteiger partial charge on any atom is 0.332 e. The second-order valence-electron chi connectivity index (χ2n) is 2.22. The number of hydrogen-bond donors (Lipinski definition) is 1. The van der Waals surface area contributed by atoms with E-state index in [1.165, 1.54) is 18.3 Å². The van der Waals surface area contributed by atoms with Gasteiger partial charge >= 0.3 is 5.97 Å². The number of thiophene rings is 1. The zero-order chi connectivity index (χ0) is 9.14. The lowest BCUT2D eigenvalue weighted by Gasteiger charge is -1.96. The highest BCUT2D eigenvalue weighted by Gasteiger charge is 2.09. The number of carboxylic acids is 1. The van der Waals surface area contributed by atoms with E-state index in [0.29, 0.717) is 5.03 Å². The summed E-state index contributed by atoms with van der Waals surface area (Å²) in [6.07, 6.45) is 0. The van der Waals surface area contributed by atoms with Gasteiger partial charge in [-0.1, -0.05) is 17.7 Å². The average Bonchev–Trinajstić information content (AvgIpc) is 2.53. The molecular weight excluding hydrogens is 196 g/mol. The van der Waals surface area contributed by atoms with Crippen molar-refractivity contribution in [1.29, 1.82) is 0 Å². The molecule has 0 amide bonds. The second kappa shape index (κ2) is 3.74. The number of carbonyl (C=O) groups is 1. The van der Waals surface area contributed by atoms with Gasteiger partial charge in [-0.2, -0.15) is 0 Å². The predicted molar refractivity (Wildman–Crippen MR) is 50.4 cm³/mol. The van der Waals surface area contributed by atoms with Crippen LogP contribution in [0.4, 0.5) is 0 Å². The highest BCUT2D eigenvalue weighted by Crippen LogP contribution is 2.26. The van der Waals surface area contributed by atoms with E-state index in [4.69, 9.17) is 16.7 Å². The summed E-state index contributed by atoms with van der Waals surface area (Å²) in [6.45, 7) is 1.49. The molecule has 2 nitrogen and oxygen atoms in total. The molecule has 0 saturated heterocycles. The van der Waals surface area contributed by atoms with Crippen LogP contribution in [-0.2, 0) is 4.79 Å². The van der Waals surface area contributed by atoms with Gasteiger partial charge in [-0.25, -0.2) is 4.79 Å². The van der Waals surface area contributed by atoms with Crippen LogP contribution < -0.4 is 0 Å². The Kier molecular flexibility index (Phi) is 2.89. The molecule has 0 aliphatic rings. The molecule has 0 radical (unpaired) electrons. The first kappa shape index (κ1) is 9.29. The third-order valence-corrected chi connectivity index (χ3v) is 2.87. The first-order valence-corrected chi connectivity index (χ1v) is 4.52. The summed E-state index contributed by atoms with van der Waals surface area (Å²) in [7, 11) is 0. The fraction of sp³-hybridized carbons (Fsp3) is 0.125. The standard InChI is InChI=1S/C8H7ClO2S/c1-5(8(10)11)7(9)6-3-2-4-12-6/h2-4H,1H3,(H,10,11)/b7-5-. The van der Waals surface area contributed by atoms with Crippen molar-refractivity contribution in [3.05, 3.63) is 28.0 Å². The highest BCUT2D eigenvalue weighted by molar-refractivity contribution is 7.12. The second-order valence-corrected chi connectivity index (χ2v) is 3.55. The zero-order valence-electron chi connectivity index (χ0n) is 6.37. The van der Waals surface area contributed by atoms with Gasteiger partial charge in [0, 0.05) is 4.88 Å². The Morgan fingerprint density at radius 2 is 2.33 bits per heavy atom. The number of rotatable bonds is 2. The molecule has 1 aromatic heterocycles. The molecule has 0 spiro atoms. The van der Waals surface area contributed by atoms with Crippen LogP contribution in [0.5, 0.6) is 0 Å². The minimum absolute atomic E-state index is 0.180. The van der Waals surface area contributed by atoms with Crippen molar-refractivity contribution in [3.63, 3.8) is 0 Å². The van der Waals surface area contributed by atoms with Crippen LogP contribution in [0, 0.1) is 0 Å². The maximum absolute atomic E-state index is 10.5. The van der Waals surface area contributed by atoms with E-state index < -0.39 is 5.97 Å². The normalized spacial score (nSPS) is 12.5. The number of halogens is 1. The molecule has 0 saturated carbocycles. The lowest BCUT2D eigenvalue weighted by Crippen LogP contribution is -1.97. The molecule has 0 bridgehead atoms. The fourth-order valence-electron chi connectivity index (χ4n) is 0.682. The third-order valence-electron chi connectivity index (χ3n) is 1.39. The van der Waals surface area contributed by atoms with Gasteiger partial charge in [-0.15, -0.1) is 11.3 Å². The molecule has 0 unspecified atom stereocenters. The van der Waals surface area contributed by atoms with Gasteiger partial charge in [0.25, 0.3) is 0 Å². The Morgan fingerprint density at radius 1 is 1.67 bits per heavy atom. The van der Waals surface area contributed by atoms with Crippen molar-refractivity contribution < 1.29 is 9.90 Å². The average molecular weight is 203 g/mol. The van der Waals surface area contributed by atoms with Crippen LogP contribution in [0.2, 0.25) is 0 Å². The minimum atomic E-state index is -0.978. The molecule has 0 aliphatic heterocycles. The minimum Gasteiger partial charge on any atom is -0.478 e. The molecule has 1 heterocycles. The van der Waals surface area contributed by atoms with E-state index in [-0.39, 0.29) is 5.57 Å². The Bertz CT molecular complexity index is 314. The van der Waals surface area contributed by atoms with Crippen LogP contribution in [-0.4, -0.2) is 11.1 Å². The first-order chi connectivity index (χ1) is 5.63. The van der Waals surface area contributed by atoms with Crippen LogP contribution in [0.15, 0.2) is 23.1 Å². The van der Waals surface area contributed by atoms with E-state index in [2.05, 4.69) is 0 Å². The van der Waals surface area contributed by atoms with Crippen molar-refractivity contribution in [2.75, 3.05) is 0 Å². The molecule has 1 N–H and O–H groups in total. The Labute approximate surface area is 79.1 Å². The summed E-state index contributed by atoms with van der Waals surface area (Å²) in [5.74, 6) is -0.978. The lowest BCUT2D eigenvalue weighted by molar-refractivity contribution is -0.132. The van der Waals surface area contributed by atoms with Gasteiger partial charge in [-0.3, -0.25) is 0 Å². The Morgan fingerprint density at radius 3 is 2.75 bits per heavy atom. The molecule has 1 aromatic rings. The van der Waals surface area contributed by atoms with Crippen molar-refractivity contribution in [2.24, 2.45) is 0 Å². The summed E-state index contributed by atoms with van der Waals surface area (Å²) >= 11 is 7.23. The van der Waals surface area contributed by atoms with Gasteiger partial charge in [0.05, 0.1) is 10.6 Å². The summed E-state index contributed by atoms with van der Waals surface area (Å²) in [5, 5.41) is 10.8. The molecular formula is C8H7ClO2S. The SMILES string of the molecule is C/C(C(=O)O)=C(/Cl)c1cccs1. The van der Waals surface area contributed by atoms with Gasteiger partial charge in [0.2, 0.25) is 0 Å². The Hall–Kier alpha value is -0.800. The number of carboxylic acid groups (broad SMARTS) is 1. The van der Waals surface area contributed by atoms with Gasteiger partial charge in [0.15, 0.2) is 0 Å². The molecule has 0 fully saturated rings. The molecule has 0 aliphatic carbocycles. The van der Waals surface area contributed by atoms with Crippen LogP contribution in [0.3, 0.4) is 0 Å². The highest BCUT2D eigenvalue weighted by atomic mass is 35.5. The summed E-state index contributed by atoms with van der Waals surface area (Å²) in [6, 6.07) is 3.62. The van der Waals surface area contributed by atoms with Crippen LogP contribution in [0.25, 0.3) is 5.03 Å². The van der Waals surface area contributed by atoms with Gasteiger partial charge in [0.1, 0.15) is 0 Å². The van der Waals surface area contributed by atoms with Crippen LogP contribution >= 0.6 is 22.9 Å². The van der Waals surface area contributed by atoms with Crippen LogP contribution in [0.1, 0.15) is 11.8 Å². The number of hydrogen-bond acceptors (Lipinski definition) is 2. The molecule has 12 heavy (non-hydrogen) atoms. The largest absolute Gasteiger partial charge is 0.478 e. The first-order valence-electron chi connectivity index (χ1n) is 3.26. The van der Waals surface area contributed by atoms with Crippen molar-refractivity contribution in [2.45, 2.75) is 6.92 Å². The van der Waals surface area contributed by atoms with Crippen molar-refractivity contribution >= 4 is 33.9 Å².